The van der Waals surface area contributed by atoms with E-state index in [0.29, 0.717) is 16.9 Å². The van der Waals surface area contributed by atoms with Crippen LogP contribution < -0.4 is 10.1 Å². The molecule has 236 valence electrons. The third kappa shape index (κ3) is 9.83. The molecule has 0 fully saturated rings. The number of benzene rings is 3. The third-order valence-electron chi connectivity index (χ3n) is 6.63. The van der Waals surface area contributed by atoms with Crippen LogP contribution in [0.5, 0.6) is 5.75 Å². The predicted octanol–water partition coefficient (Wildman–Crippen LogP) is 7.31. The zero-order chi connectivity index (χ0) is 32.6. The number of hydrogen-bond donors (Lipinski definition) is 1. The Morgan fingerprint density at radius 3 is 1.89 bits per heavy atom. The topological polar surface area (TPSA) is 100 Å². The van der Waals surface area contributed by atoms with Crippen LogP contribution in [0, 0.1) is 0 Å². The Labute approximate surface area is 265 Å². The van der Waals surface area contributed by atoms with Gasteiger partial charge in [0, 0.05) is 23.6 Å². The van der Waals surface area contributed by atoms with Crippen LogP contribution in [-0.2, 0) is 23.8 Å². The molecule has 0 heterocycles. The van der Waals surface area contributed by atoms with Crippen molar-refractivity contribution in [2.75, 3.05) is 19.8 Å². The monoisotopic (exact) mass is 611 g/mol. The molecule has 3 aromatic rings. The normalized spacial score (nSPS) is 12.9. The van der Waals surface area contributed by atoms with Crippen LogP contribution >= 0.6 is 0 Å². The van der Waals surface area contributed by atoms with E-state index in [-0.39, 0.29) is 25.7 Å². The molecular formula is C37H41NO7. The number of alkyl carbamates (subject to hydrolysis) is 1. The van der Waals surface area contributed by atoms with Gasteiger partial charge in [0.2, 0.25) is 0 Å². The summed E-state index contributed by atoms with van der Waals surface area (Å²) in [7, 11) is 0. The quantitative estimate of drug-likeness (QED) is 0.111. The van der Waals surface area contributed by atoms with Crippen molar-refractivity contribution in [3.8, 4) is 16.9 Å². The number of amides is 1. The first-order chi connectivity index (χ1) is 21.3. The fraction of sp³-hybridized carbons (Fsp3) is 0.324. The number of nitrogens with one attached hydrogen (secondary N) is 1. The standard InChI is InChI=1S/C37H41NO7/c1-36(2,3)44-33(39)19-16-25-15-17-26(18-20-34(40)45-37(4,5)6)32(23-25)42-22-21-38-35(41)43-24-31-29-13-9-7-11-27(29)28-12-8-10-14-30(28)31/h7-20,23,31H,21-22,24H2,1-6H3,(H,38,41)/b19-16+,20-18+. The Kier molecular flexibility index (Phi) is 10.5. The molecule has 0 atom stereocenters. The zero-order valence-corrected chi connectivity index (χ0v) is 26.7. The highest BCUT2D eigenvalue weighted by Crippen LogP contribution is 2.44. The first kappa shape index (κ1) is 33.1. The van der Waals surface area contributed by atoms with Crippen LogP contribution in [0.15, 0.2) is 78.9 Å². The van der Waals surface area contributed by atoms with E-state index < -0.39 is 29.2 Å². The summed E-state index contributed by atoms with van der Waals surface area (Å²) in [5.74, 6) is -0.531. The van der Waals surface area contributed by atoms with Gasteiger partial charge in [-0.05, 0) is 87.6 Å². The maximum atomic E-state index is 12.6. The predicted molar refractivity (Wildman–Crippen MR) is 175 cm³/mol. The molecule has 0 radical (unpaired) electrons. The van der Waals surface area contributed by atoms with Crippen molar-refractivity contribution in [1.29, 1.82) is 0 Å². The number of carbonyl (C=O) groups is 3. The Hall–Kier alpha value is -4.85. The summed E-state index contributed by atoms with van der Waals surface area (Å²) in [4.78, 5) is 37.0. The van der Waals surface area contributed by atoms with E-state index in [1.54, 1.807) is 71.9 Å². The van der Waals surface area contributed by atoms with Gasteiger partial charge in [-0.3, -0.25) is 0 Å². The molecule has 1 N–H and O–H groups in total. The second-order valence-electron chi connectivity index (χ2n) is 12.6. The summed E-state index contributed by atoms with van der Waals surface area (Å²) < 4.78 is 22.3. The highest BCUT2D eigenvalue weighted by molar-refractivity contribution is 5.89. The lowest BCUT2D eigenvalue weighted by atomic mass is 9.98. The lowest BCUT2D eigenvalue weighted by Gasteiger charge is -2.18. The summed E-state index contributed by atoms with van der Waals surface area (Å²) in [6, 6.07) is 21.6. The Balaban J connectivity index is 1.36. The minimum Gasteiger partial charge on any atom is -0.491 e. The minimum absolute atomic E-state index is 0.0322. The number of rotatable bonds is 10. The first-order valence-corrected chi connectivity index (χ1v) is 15.0. The van der Waals surface area contributed by atoms with Gasteiger partial charge in [-0.25, -0.2) is 14.4 Å². The molecular weight excluding hydrogens is 570 g/mol. The van der Waals surface area contributed by atoms with Gasteiger partial charge < -0.3 is 24.3 Å². The SMILES string of the molecule is CC(C)(C)OC(=O)/C=C/c1ccc(/C=C/C(=O)OC(C)(C)C)c(OCCNC(=O)OCC2c3ccccc3-c3ccccc32)c1. The number of carbonyl (C=O) groups excluding carboxylic acids is 3. The summed E-state index contributed by atoms with van der Waals surface area (Å²) in [5, 5.41) is 2.74. The van der Waals surface area contributed by atoms with Crippen molar-refractivity contribution >= 4 is 30.2 Å². The van der Waals surface area contributed by atoms with Crippen molar-refractivity contribution < 1.29 is 33.3 Å². The summed E-state index contributed by atoms with van der Waals surface area (Å²) >= 11 is 0. The largest absolute Gasteiger partial charge is 0.491 e. The van der Waals surface area contributed by atoms with Crippen LogP contribution in [-0.4, -0.2) is 49.0 Å². The second-order valence-corrected chi connectivity index (χ2v) is 12.6. The molecule has 0 saturated carbocycles. The van der Waals surface area contributed by atoms with Crippen molar-refractivity contribution in [2.24, 2.45) is 0 Å². The van der Waals surface area contributed by atoms with Crippen LogP contribution in [0.25, 0.3) is 23.3 Å². The molecule has 3 aromatic carbocycles. The molecule has 45 heavy (non-hydrogen) atoms. The minimum atomic E-state index is -0.623. The van der Waals surface area contributed by atoms with E-state index in [0.717, 1.165) is 22.3 Å². The van der Waals surface area contributed by atoms with Gasteiger partial charge in [0.05, 0.1) is 6.54 Å². The van der Waals surface area contributed by atoms with Gasteiger partial charge in [-0.2, -0.15) is 0 Å². The maximum absolute atomic E-state index is 12.6. The van der Waals surface area contributed by atoms with E-state index in [1.165, 1.54) is 12.2 Å². The summed E-state index contributed by atoms with van der Waals surface area (Å²) in [6.07, 6.45) is 5.36. The average molecular weight is 612 g/mol. The van der Waals surface area contributed by atoms with Gasteiger partial charge in [0.25, 0.3) is 0 Å². The Morgan fingerprint density at radius 1 is 0.756 bits per heavy atom. The number of fused-ring (bicyclic) bond motifs is 3. The molecule has 8 heteroatoms. The van der Waals surface area contributed by atoms with Crippen LogP contribution in [0.2, 0.25) is 0 Å². The van der Waals surface area contributed by atoms with Gasteiger partial charge in [-0.15, -0.1) is 0 Å². The van der Waals surface area contributed by atoms with E-state index in [4.69, 9.17) is 18.9 Å². The molecule has 0 spiro atoms. The van der Waals surface area contributed by atoms with E-state index >= 15 is 0 Å². The van der Waals surface area contributed by atoms with Gasteiger partial charge in [0.15, 0.2) is 0 Å². The first-order valence-electron chi connectivity index (χ1n) is 15.0. The van der Waals surface area contributed by atoms with Crippen molar-refractivity contribution in [2.45, 2.75) is 58.7 Å². The van der Waals surface area contributed by atoms with Crippen LogP contribution in [0.4, 0.5) is 4.79 Å². The van der Waals surface area contributed by atoms with Gasteiger partial charge in [-0.1, -0.05) is 60.7 Å². The molecule has 1 aliphatic carbocycles. The Morgan fingerprint density at radius 2 is 1.31 bits per heavy atom. The maximum Gasteiger partial charge on any atom is 0.407 e. The summed E-state index contributed by atoms with van der Waals surface area (Å²) in [5.41, 5.74) is 4.69. The fourth-order valence-corrected chi connectivity index (χ4v) is 4.87. The van der Waals surface area contributed by atoms with Crippen LogP contribution in [0.1, 0.15) is 69.7 Å². The van der Waals surface area contributed by atoms with E-state index in [9.17, 15) is 14.4 Å². The molecule has 0 aliphatic heterocycles. The average Bonchev–Trinajstić information content (AvgIpc) is 3.28. The summed E-state index contributed by atoms with van der Waals surface area (Å²) in [6.45, 7) is 11.3. The van der Waals surface area contributed by atoms with E-state index in [1.807, 2.05) is 24.3 Å². The molecule has 0 bridgehead atoms. The van der Waals surface area contributed by atoms with E-state index in [2.05, 4.69) is 29.6 Å². The van der Waals surface area contributed by atoms with Crippen molar-refractivity contribution in [3.05, 3.63) is 101 Å². The molecule has 8 nitrogen and oxygen atoms in total. The highest BCUT2D eigenvalue weighted by Gasteiger charge is 2.29. The molecule has 0 aromatic heterocycles. The number of esters is 2. The van der Waals surface area contributed by atoms with Gasteiger partial charge >= 0.3 is 18.0 Å². The second kappa shape index (κ2) is 14.3. The van der Waals surface area contributed by atoms with Crippen LogP contribution in [0.3, 0.4) is 0 Å². The third-order valence-corrected chi connectivity index (χ3v) is 6.63. The highest BCUT2D eigenvalue weighted by atomic mass is 16.6. The number of ether oxygens (including phenoxy) is 4. The zero-order valence-electron chi connectivity index (χ0n) is 26.7. The van der Waals surface area contributed by atoms with Crippen molar-refractivity contribution in [1.82, 2.24) is 5.32 Å². The molecule has 0 saturated heterocycles. The molecule has 0 unspecified atom stereocenters. The fourth-order valence-electron chi connectivity index (χ4n) is 4.87. The molecule has 4 rings (SSSR count). The van der Waals surface area contributed by atoms with Crippen molar-refractivity contribution in [3.63, 3.8) is 0 Å². The lowest BCUT2D eigenvalue weighted by Crippen LogP contribution is -2.30. The lowest BCUT2D eigenvalue weighted by molar-refractivity contribution is -0.149. The Bertz CT molecular complexity index is 1550. The molecule has 1 amide bonds. The smallest absolute Gasteiger partial charge is 0.407 e. The molecule has 1 aliphatic rings. The van der Waals surface area contributed by atoms with Gasteiger partial charge in [0.1, 0.15) is 30.2 Å². The number of hydrogen-bond acceptors (Lipinski definition) is 7.